The van der Waals surface area contributed by atoms with Gasteiger partial charge in [0.2, 0.25) is 0 Å². The minimum absolute atomic E-state index is 0.209. The Morgan fingerprint density at radius 2 is 1.91 bits per heavy atom. The van der Waals surface area contributed by atoms with Gasteiger partial charge in [-0.15, -0.1) is 0 Å². The summed E-state index contributed by atoms with van der Waals surface area (Å²) in [5, 5.41) is 3.39. The van der Waals surface area contributed by atoms with E-state index in [9.17, 15) is 4.79 Å². The molecule has 0 bridgehead atoms. The number of carbonyl (C=O) groups is 1. The lowest BCUT2D eigenvalue weighted by molar-refractivity contribution is -0.122. The van der Waals surface area contributed by atoms with Crippen LogP contribution in [0.15, 0.2) is 48.5 Å². The van der Waals surface area contributed by atoms with Gasteiger partial charge in [0.25, 0.3) is 5.91 Å². The molecule has 1 aromatic heterocycles. The Kier molecular flexibility index (Phi) is 4.06. The molecule has 1 heterocycles. The SMILES string of the molecule is Cc1ccc(O[C@@H](C)C(=O)Nc2nc3ccccc3s2)cc1. The number of carbonyl (C=O) groups excluding carboxylic acids is 1. The molecule has 0 fully saturated rings. The summed E-state index contributed by atoms with van der Waals surface area (Å²) in [6.45, 7) is 3.73. The Morgan fingerprint density at radius 3 is 2.64 bits per heavy atom. The fourth-order valence-corrected chi connectivity index (χ4v) is 2.88. The quantitative estimate of drug-likeness (QED) is 0.792. The minimum atomic E-state index is -0.588. The highest BCUT2D eigenvalue weighted by Gasteiger charge is 2.16. The lowest BCUT2D eigenvalue weighted by Crippen LogP contribution is -2.30. The molecule has 0 aliphatic heterocycles. The zero-order chi connectivity index (χ0) is 15.5. The van der Waals surface area contributed by atoms with Gasteiger partial charge in [0.1, 0.15) is 5.75 Å². The molecule has 3 rings (SSSR count). The lowest BCUT2D eigenvalue weighted by Gasteiger charge is -2.13. The molecule has 3 aromatic rings. The van der Waals surface area contributed by atoms with Crippen LogP contribution in [-0.4, -0.2) is 17.0 Å². The maximum atomic E-state index is 12.2. The van der Waals surface area contributed by atoms with Crippen molar-refractivity contribution in [1.29, 1.82) is 0 Å². The number of thiazole rings is 1. The number of hydrogen-bond acceptors (Lipinski definition) is 4. The zero-order valence-electron chi connectivity index (χ0n) is 12.4. The van der Waals surface area contributed by atoms with Crippen LogP contribution in [0, 0.1) is 6.92 Å². The molecule has 0 aliphatic rings. The minimum Gasteiger partial charge on any atom is -0.481 e. The van der Waals surface area contributed by atoms with Crippen molar-refractivity contribution in [1.82, 2.24) is 4.98 Å². The van der Waals surface area contributed by atoms with E-state index in [1.165, 1.54) is 11.3 Å². The predicted octanol–water partition coefficient (Wildman–Crippen LogP) is 4.01. The Morgan fingerprint density at radius 1 is 1.18 bits per heavy atom. The first-order valence-corrected chi connectivity index (χ1v) is 7.83. The molecule has 0 radical (unpaired) electrons. The summed E-state index contributed by atoms with van der Waals surface area (Å²) in [5.41, 5.74) is 2.04. The normalized spacial score (nSPS) is 12.1. The third-order valence-electron chi connectivity index (χ3n) is 3.23. The van der Waals surface area contributed by atoms with E-state index in [2.05, 4.69) is 10.3 Å². The summed E-state index contributed by atoms with van der Waals surface area (Å²) in [7, 11) is 0. The molecular weight excluding hydrogens is 296 g/mol. The fourth-order valence-electron chi connectivity index (χ4n) is 2.01. The number of rotatable bonds is 4. The number of benzene rings is 2. The molecule has 1 atom stereocenters. The first-order chi connectivity index (χ1) is 10.6. The van der Waals surface area contributed by atoms with E-state index < -0.39 is 6.10 Å². The predicted molar refractivity (Wildman–Crippen MR) is 89.5 cm³/mol. The molecule has 2 aromatic carbocycles. The van der Waals surface area contributed by atoms with Gasteiger partial charge in [0.05, 0.1) is 10.2 Å². The lowest BCUT2D eigenvalue weighted by atomic mass is 10.2. The maximum Gasteiger partial charge on any atom is 0.266 e. The summed E-state index contributed by atoms with van der Waals surface area (Å²) in [6, 6.07) is 15.4. The number of anilines is 1. The number of aryl methyl sites for hydroxylation is 1. The molecule has 0 unspecified atom stereocenters. The number of nitrogens with one attached hydrogen (secondary N) is 1. The van der Waals surface area contributed by atoms with Crippen LogP contribution in [0.3, 0.4) is 0 Å². The standard InChI is InChI=1S/C17H16N2O2S/c1-11-7-9-13(10-8-11)21-12(2)16(20)19-17-18-14-5-3-4-6-15(14)22-17/h3-10,12H,1-2H3,(H,18,19,20)/t12-/m0/s1. The van der Waals surface area contributed by atoms with E-state index in [1.54, 1.807) is 6.92 Å². The molecule has 0 aliphatic carbocycles. The highest BCUT2D eigenvalue weighted by molar-refractivity contribution is 7.22. The monoisotopic (exact) mass is 312 g/mol. The van der Waals surface area contributed by atoms with E-state index in [0.717, 1.165) is 15.8 Å². The molecular formula is C17H16N2O2S. The van der Waals surface area contributed by atoms with Crippen molar-refractivity contribution < 1.29 is 9.53 Å². The molecule has 0 saturated heterocycles. The van der Waals surface area contributed by atoms with Crippen molar-refractivity contribution in [3.05, 3.63) is 54.1 Å². The fraction of sp³-hybridized carbons (Fsp3) is 0.176. The van der Waals surface area contributed by atoms with Gasteiger partial charge in [-0.2, -0.15) is 0 Å². The molecule has 112 valence electrons. The summed E-state index contributed by atoms with van der Waals surface area (Å²) >= 11 is 1.45. The molecule has 0 saturated carbocycles. The summed E-state index contributed by atoms with van der Waals surface area (Å²) in [4.78, 5) is 16.6. The topological polar surface area (TPSA) is 51.2 Å². The molecule has 0 spiro atoms. The number of hydrogen-bond donors (Lipinski definition) is 1. The highest BCUT2D eigenvalue weighted by atomic mass is 32.1. The number of nitrogens with zero attached hydrogens (tertiary/aromatic N) is 1. The van der Waals surface area contributed by atoms with Crippen LogP contribution in [-0.2, 0) is 4.79 Å². The van der Waals surface area contributed by atoms with Crippen LogP contribution in [0.25, 0.3) is 10.2 Å². The van der Waals surface area contributed by atoms with Crippen molar-refractivity contribution in [2.45, 2.75) is 20.0 Å². The van der Waals surface area contributed by atoms with Gasteiger partial charge in [-0.05, 0) is 38.1 Å². The van der Waals surface area contributed by atoms with E-state index >= 15 is 0 Å². The molecule has 1 amide bonds. The van der Waals surface area contributed by atoms with E-state index in [1.807, 2.05) is 55.5 Å². The largest absolute Gasteiger partial charge is 0.481 e. The first kappa shape index (κ1) is 14.5. The third kappa shape index (κ3) is 3.26. The second-order valence-electron chi connectivity index (χ2n) is 5.05. The maximum absolute atomic E-state index is 12.2. The van der Waals surface area contributed by atoms with Gasteiger partial charge in [0.15, 0.2) is 11.2 Å². The third-order valence-corrected chi connectivity index (χ3v) is 4.18. The summed E-state index contributed by atoms with van der Waals surface area (Å²) in [5.74, 6) is 0.470. The molecule has 1 N–H and O–H groups in total. The Bertz CT molecular complexity index is 763. The Labute approximate surface area is 132 Å². The van der Waals surface area contributed by atoms with Crippen LogP contribution in [0.5, 0.6) is 5.75 Å². The molecule has 22 heavy (non-hydrogen) atoms. The Hall–Kier alpha value is -2.40. The second kappa shape index (κ2) is 6.15. The van der Waals surface area contributed by atoms with Gasteiger partial charge < -0.3 is 4.74 Å². The van der Waals surface area contributed by atoms with Crippen LogP contribution >= 0.6 is 11.3 Å². The van der Waals surface area contributed by atoms with Crippen LogP contribution in [0.1, 0.15) is 12.5 Å². The van der Waals surface area contributed by atoms with Gasteiger partial charge >= 0.3 is 0 Å². The molecule has 4 nitrogen and oxygen atoms in total. The van der Waals surface area contributed by atoms with Crippen molar-refractivity contribution >= 4 is 32.6 Å². The van der Waals surface area contributed by atoms with Gasteiger partial charge in [-0.3, -0.25) is 10.1 Å². The average Bonchev–Trinajstić information content (AvgIpc) is 2.91. The van der Waals surface area contributed by atoms with Gasteiger partial charge in [-0.25, -0.2) is 4.98 Å². The highest BCUT2D eigenvalue weighted by Crippen LogP contribution is 2.25. The summed E-state index contributed by atoms with van der Waals surface area (Å²) < 4.78 is 6.69. The van der Waals surface area contributed by atoms with Crippen molar-refractivity contribution in [2.24, 2.45) is 0 Å². The van der Waals surface area contributed by atoms with E-state index in [4.69, 9.17) is 4.74 Å². The molecule has 5 heteroatoms. The van der Waals surface area contributed by atoms with Crippen molar-refractivity contribution in [3.8, 4) is 5.75 Å². The average molecular weight is 312 g/mol. The number of para-hydroxylation sites is 1. The number of aromatic nitrogens is 1. The van der Waals surface area contributed by atoms with E-state index in [-0.39, 0.29) is 5.91 Å². The second-order valence-corrected chi connectivity index (χ2v) is 6.08. The number of amides is 1. The summed E-state index contributed by atoms with van der Waals surface area (Å²) in [6.07, 6.45) is -0.588. The van der Waals surface area contributed by atoms with Crippen LogP contribution in [0.4, 0.5) is 5.13 Å². The van der Waals surface area contributed by atoms with Crippen molar-refractivity contribution in [2.75, 3.05) is 5.32 Å². The number of fused-ring (bicyclic) bond motifs is 1. The van der Waals surface area contributed by atoms with Gasteiger partial charge in [0, 0.05) is 0 Å². The van der Waals surface area contributed by atoms with E-state index in [0.29, 0.717) is 10.9 Å². The van der Waals surface area contributed by atoms with Crippen molar-refractivity contribution in [3.63, 3.8) is 0 Å². The van der Waals surface area contributed by atoms with Gasteiger partial charge in [-0.1, -0.05) is 41.2 Å². The zero-order valence-corrected chi connectivity index (χ0v) is 13.2. The van der Waals surface area contributed by atoms with Crippen LogP contribution in [0.2, 0.25) is 0 Å². The number of ether oxygens (including phenoxy) is 1. The Balaban J connectivity index is 1.66. The first-order valence-electron chi connectivity index (χ1n) is 7.01. The smallest absolute Gasteiger partial charge is 0.266 e. The van der Waals surface area contributed by atoms with Crippen LogP contribution < -0.4 is 10.1 Å².